The molecular weight excluding hydrogens is 157 g/mol. The van der Waals surface area contributed by atoms with Gasteiger partial charge in [-0.25, -0.2) is 4.39 Å². The molecule has 2 rings (SSSR count). The summed E-state index contributed by atoms with van der Waals surface area (Å²) in [4.78, 5) is 0. The van der Waals surface area contributed by atoms with E-state index in [4.69, 9.17) is 4.74 Å². The second kappa shape index (κ2) is 3.30. The van der Waals surface area contributed by atoms with Crippen molar-refractivity contribution in [2.45, 2.75) is 24.9 Å². The Morgan fingerprint density at radius 1 is 1.50 bits per heavy atom. The molecule has 2 saturated heterocycles. The van der Waals surface area contributed by atoms with Crippen LogP contribution in [0.1, 0.15) is 19.3 Å². The van der Waals surface area contributed by atoms with Crippen molar-refractivity contribution in [3.63, 3.8) is 0 Å². The Kier molecular flexibility index (Phi) is 2.33. The van der Waals surface area contributed by atoms with Crippen LogP contribution < -0.4 is 5.32 Å². The lowest BCUT2D eigenvalue weighted by molar-refractivity contribution is 0.0430. The Balaban J connectivity index is 1.97. The molecule has 0 bridgehead atoms. The van der Waals surface area contributed by atoms with E-state index in [2.05, 4.69) is 5.32 Å². The maximum atomic E-state index is 14.1. The molecule has 0 radical (unpaired) electrons. The molecule has 1 N–H and O–H groups in total. The fraction of sp³-hybridized carbons (Fsp3) is 1.00. The van der Waals surface area contributed by atoms with Crippen LogP contribution in [0.5, 0.6) is 0 Å². The van der Waals surface area contributed by atoms with Crippen molar-refractivity contribution in [1.82, 2.24) is 5.32 Å². The van der Waals surface area contributed by atoms with Crippen LogP contribution in [0.25, 0.3) is 0 Å². The fourth-order valence-electron chi connectivity index (χ4n) is 2.18. The van der Waals surface area contributed by atoms with Gasteiger partial charge in [0.05, 0.1) is 6.61 Å². The van der Waals surface area contributed by atoms with E-state index in [0.717, 1.165) is 26.0 Å². The van der Waals surface area contributed by atoms with Crippen LogP contribution in [-0.4, -0.2) is 32.0 Å². The third-order valence-electron chi connectivity index (χ3n) is 3.03. The summed E-state index contributed by atoms with van der Waals surface area (Å²) in [5.74, 6) is 0.144. The lowest BCUT2D eigenvalue weighted by Gasteiger charge is -2.34. The number of halogens is 1. The minimum absolute atomic E-state index is 0.144. The fourth-order valence-corrected chi connectivity index (χ4v) is 2.18. The van der Waals surface area contributed by atoms with Crippen LogP contribution in [-0.2, 0) is 4.74 Å². The van der Waals surface area contributed by atoms with E-state index in [0.29, 0.717) is 19.6 Å². The van der Waals surface area contributed by atoms with Crippen molar-refractivity contribution in [3.8, 4) is 0 Å². The summed E-state index contributed by atoms with van der Waals surface area (Å²) in [5.41, 5.74) is -0.977. The van der Waals surface area contributed by atoms with E-state index >= 15 is 0 Å². The highest BCUT2D eigenvalue weighted by Crippen LogP contribution is 2.34. The average molecular weight is 173 g/mol. The smallest absolute Gasteiger partial charge is 0.128 e. The van der Waals surface area contributed by atoms with Gasteiger partial charge in [-0.2, -0.15) is 0 Å². The highest BCUT2D eigenvalue weighted by molar-refractivity contribution is 4.93. The van der Waals surface area contributed by atoms with Crippen LogP contribution in [0.2, 0.25) is 0 Å². The summed E-state index contributed by atoms with van der Waals surface area (Å²) < 4.78 is 19.3. The molecule has 2 aliphatic rings. The third kappa shape index (κ3) is 1.48. The van der Waals surface area contributed by atoms with E-state index in [1.54, 1.807) is 0 Å². The first-order valence-electron chi connectivity index (χ1n) is 4.79. The number of alkyl halides is 1. The molecule has 2 fully saturated rings. The Bertz CT molecular complexity index is 151. The molecule has 2 aliphatic heterocycles. The highest BCUT2D eigenvalue weighted by Gasteiger charge is 2.41. The van der Waals surface area contributed by atoms with Crippen molar-refractivity contribution >= 4 is 0 Å². The van der Waals surface area contributed by atoms with Crippen molar-refractivity contribution in [1.29, 1.82) is 0 Å². The van der Waals surface area contributed by atoms with Gasteiger partial charge in [0, 0.05) is 19.1 Å². The number of piperidine rings is 1. The molecule has 2 nitrogen and oxygen atoms in total. The lowest BCUT2D eigenvalue weighted by Crippen LogP contribution is -2.47. The van der Waals surface area contributed by atoms with Gasteiger partial charge >= 0.3 is 0 Å². The van der Waals surface area contributed by atoms with Gasteiger partial charge in [-0.3, -0.25) is 0 Å². The summed E-state index contributed by atoms with van der Waals surface area (Å²) in [7, 11) is 0. The first kappa shape index (κ1) is 8.45. The summed E-state index contributed by atoms with van der Waals surface area (Å²) >= 11 is 0. The molecule has 0 spiro atoms. The number of hydrogen-bond acceptors (Lipinski definition) is 2. The third-order valence-corrected chi connectivity index (χ3v) is 3.03. The summed E-state index contributed by atoms with van der Waals surface area (Å²) in [6.07, 6.45) is 2.58. The molecule has 2 heterocycles. The van der Waals surface area contributed by atoms with Gasteiger partial charge in [0.25, 0.3) is 0 Å². The van der Waals surface area contributed by atoms with Crippen LogP contribution >= 0.6 is 0 Å². The van der Waals surface area contributed by atoms with E-state index < -0.39 is 5.67 Å². The Hall–Kier alpha value is -0.150. The van der Waals surface area contributed by atoms with Gasteiger partial charge in [-0.15, -0.1) is 0 Å². The summed E-state index contributed by atoms with van der Waals surface area (Å²) in [5, 5.41) is 3.12. The van der Waals surface area contributed by atoms with Crippen molar-refractivity contribution in [2.24, 2.45) is 5.92 Å². The van der Waals surface area contributed by atoms with Crippen LogP contribution in [0, 0.1) is 5.92 Å². The molecule has 0 saturated carbocycles. The quantitative estimate of drug-likeness (QED) is 0.641. The number of nitrogens with one attached hydrogen (secondary N) is 1. The largest absolute Gasteiger partial charge is 0.381 e. The zero-order valence-corrected chi connectivity index (χ0v) is 7.31. The maximum Gasteiger partial charge on any atom is 0.128 e. The van der Waals surface area contributed by atoms with E-state index in [1.165, 1.54) is 0 Å². The van der Waals surface area contributed by atoms with Gasteiger partial charge in [-0.1, -0.05) is 0 Å². The normalized spacial score (nSPS) is 43.2. The molecule has 0 aromatic carbocycles. The molecule has 0 aliphatic carbocycles. The Labute approximate surface area is 72.5 Å². The van der Waals surface area contributed by atoms with Crippen molar-refractivity contribution in [2.75, 3.05) is 26.3 Å². The van der Waals surface area contributed by atoms with Gasteiger partial charge < -0.3 is 10.1 Å². The van der Waals surface area contributed by atoms with Crippen LogP contribution in [0.15, 0.2) is 0 Å². The van der Waals surface area contributed by atoms with Crippen molar-refractivity contribution in [3.05, 3.63) is 0 Å². The standard InChI is InChI=1S/C9H16FNO/c10-9(3-1-4-11-7-9)8-2-5-12-6-8/h8,11H,1-7H2. The van der Waals surface area contributed by atoms with E-state index in [9.17, 15) is 4.39 Å². The van der Waals surface area contributed by atoms with Crippen LogP contribution in [0.3, 0.4) is 0 Å². The van der Waals surface area contributed by atoms with Gasteiger partial charge in [0.15, 0.2) is 0 Å². The molecule has 2 atom stereocenters. The molecule has 12 heavy (non-hydrogen) atoms. The SMILES string of the molecule is FC1(C2CCOC2)CCCNC1. The van der Waals surface area contributed by atoms with E-state index in [1.807, 2.05) is 0 Å². The molecule has 0 aromatic heterocycles. The maximum absolute atomic E-state index is 14.1. The Morgan fingerprint density at radius 2 is 2.42 bits per heavy atom. The zero-order valence-electron chi connectivity index (χ0n) is 7.31. The predicted molar refractivity (Wildman–Crippen MR) is 44.9 cm³/mol. The van der Waals surface area contributed by atoms with Crippen LogP contribution in [0.4, 0.5) is 4.39 Å². The first-order valence-corrected chi connectivity index (χ1v) is 4.79. The molecule has 70 valence electrons. The second-order valence-corrected chi connectivity index (χ2v) is 3.88. The summed E-state index contributed by atoms with van der Waals surface area (Å²) in [6.45, 7) is 2.87. The number of hydrogen-bond donors (Lipinski definition) is 1. The molecule has 0 amide bonds. The lowest BCUT2D eigenvalue weighted by atomic mass is 9.83. The summed E-state index contributed by atoms with van der Waals surface area (Å²) in [6, 6.07) is 0. The highest BCUT2D eigenvalue weighted by atomic mass is 19.1. The van der Waals surface area contributed by atoms with Gasteiger partial charge in [-0.05, 0) is 25.8 Å². The monoisotopic (exact) mass is 173 g/mol. The first-order chi connectivity index (χ1) is 5.81. The molecular formula is C9H16FNO. The minimum Gasteiger partial charge on any atom is -0.381 e. The number of rotatable bonds is 1. The number of ether oxygens (including phenoxy) is 1. The molecule has 3 heteroatoms. The second-order valence-electron chi connectivity index (χ2n) is 3.88. The van der Waals surface area contributed by atoms with Crippen molar-refractivity contribution < 1.29 is 9.13 Å². The Morgan fingerprint density at radius 3 is 3.00 bits per heavy atom. The zero-order chi connectivity index (χ0) is 8.44. The predicted octanol–water partition coefficient (Wildman–Crippen LogP) is 1.11. The van der Waals surface area contributed by atoms with E-state index in [-0.39, 0.29) is 5.92 Å². The van der Waals surface area contributed by atoms with Gasteiger partial charge in [0.2, 0.25) is 0 Å². The molecule has 2 unspecified atom stereocenters. The van der Waals surface area contributed by atoms with Gasteiger partial charge in [0.1, 0.15) is 5.67 Å². The molecule has 0 aromatic rings. The minimum atomic E-state index is -0.977. The average Bonchev–Trinajstić information content (AvgIpc) is 2.58. The topological polar surface area (TPSA) is 21.3 Å².